The molecule has 0 heterocycles. The summed E-state index contributed by atoms with van der Waals surface area (Å²) in [7, 11) is -4.21. The molecule has 0 amide bonds. The number of nitrogens with one attached hydrogen (secondary N) is 2. The minimum atomic E-state index is -4.21. The molecule has 0 aromatic rings. The lowest BCUT2D eigenvalue weighted by atomic mass is 10.2. The fraction of sp³-hybridized carbons (Fsp3) is 0.750. The first kappa shape index (κ1) is 21.2. The predicted molar refractivity (Wildman–Crippen MR) is 59.0 cm³/mol. The molecule has 0 aliphatic heterocycles. The highest BCUT2D eigenvalue weighted by molar-refractivity contribution is 7.46. The first-order valence-corrected chi connectivity index (χ1v) is 6.20. The number of rotatable bonds is 6. The van der Waals surface area contributed by atoms with Crippen molar-refractivity contribution in [2.75, 3.05) is 6.61 Å². The normalized spacial score (nSPS) is 8.65. The van der Waals surface area contributed by atoms with Crippen molar-refractivity contribution in [1.82, 2.24) is 0 Å². The van der Waals surface area contributed by atoms with Crippen molar-refractivity contribution >= 4 is 20.0 Å². The molecule has 8 nitrogen and oxygen atoms in total. The Morgan fingerprint density at radius 3 is 1.82 bits per heavy atom. The van der Waals surface area contributed by atoms with E-state index < -0.39 is 7.82 Å². The number of unbranched alkanes of at least 4 members (excludes halogenated alkanes) is 3. The highest BCUT2D eigenvalue weighted by atomic mass is 31.2. The molecule has 0 saturated heterocycles. The van der Waals surface area contributed by atoms with Crippen molar-refractivity contribution in [1.29, 1.82) is 10.8 Å². The van der Waals surface area contributed by atoms with Gasteiger partial charge in [0.2, 0.25) is 12.2 Å². The summed E-state index contributed by atoms with van der Waals surface area (Å²) in [6.45, 7) is 2.23. The fourth-order valence-corrected chi connectivity index (χ4v) is 1.08. The van der Waals surface area contributed by atoms with Crippen LogP contribution in [0.15, 0.2) is 0 Å². The molecule has 0 aromatic carbocycles. The summed E-state index contributed by atoms with van der Waals surface area (Å²) in [5.74, 6) is 0. The molecule has 0 unspecified atom stereocenters. The Labute approximate surface area is 99.3 Å². The van der Waals surface area contributed by atoms with E-state index >= 15 is 0 Å². The second kappa shape index (κ2) is 17.3. The Kier molecular flexibility index (Phi) is 21.5. The van der Waals surface area contributed by atoms with E-state index in [-0.39, 0.29) is 6.61 Å². The van der Waals surface area contributed by atoms with Gasteiger partial charge < -0.3 is 9.79 Å². The van der Waals surface area contributed by atoms with Crippen molar-refractivity contribution in [2.45, 2.75) is 32.6 Å². The van der Waals surface area contributed by atoms with Crippen LogP contribution >= 0.6 is 7.82 Å². The van der Waals surface area contributed by atoms with Gasteiger partial charge in [0.05, 0.1) is 6.61 Å². The number of carbonyl (C=O) groups excluding carboxylic acids is 2. The zero-order valence-corrected chi connectivity index (χ0v) is 10.4. The first-order chi connectivity index (χ1) is 7.89. The molecular weight excluding hydrogens is 251 g/mol. The monoisotopic (exact) mass is 268 g/mol. The standard InChI is InChI=1S/C6H15O4P.2CHNO/c1-2-3-4-5-6-10-11(7,8)9;2*2-1-3/h2-6H2,1H3,(H2,7,8,9);2*2H. The Morgan fingerprint density at radius 2 is 1.53 bits per heavy atom. The number of phosphoric acid groups is 1. The summed E-state index contributed by atoms with van der Waals surface area (Å²) < 4.78 is 14.4. The van der Waals surface area contributed by atoms with E-state index in [1.165, 1.54) is 0 Å². The van der Waals surface area contributed by atoms with E-state index in [0.29, 0.717) is 0 Å². The van der Waals surface area contributed by atoms with Crippen LogP contribution in [0.4, 0.5) is 0 Å². The molecule has 0 saturated carbocycles. The van der Waals surface area contributed by atoms with Gasteiger partial charge in [-0.15, -0.1) is 0 Å². The third-order valence-corrected chi connectivity index (χ3v) is 1.78. The maximum absolute atomic E-state index is 10.1. The highest BCUT2D eigenvalue weighted by Crippen LogP contribution is 2.35. The van der Waals surface area contributed by atoms with Crippen LogP contribution in [0.3, 0.4) is 0 Å². The predicted octanol–water partition coefficient (Wildman–Crippen LogP) is 1.48. The van der Waals surface area contributed by atoms with Gasteiger partial charge in [-0.3, -0.25) is 4.52 Å². The Balaban J connectivity index is -0.000000273. The minimum Gasteiger partial charge on any atom is -0.303 e. The molecule has 0 fully saturated rings. The third-order valence-electron chi connectivity index (χ3n) is 1.26. The average Bonchev–Trinajstić information content (AvgIpc) is 2.18. The molecule has 100 valence electrons. The number of phosphoric ester groups is 1. The van der Waals surface area contributed by atoms with Crippen molar-refractivity contribution in [2.24, 2.45) is 0 Å². The third kappa shape index (κ3) is 52.2. The van der Waals surface area contributed by atoms with Crippen LogP contribution in [0.25, 0.3) is 0 Å². The van der Waals surface area contributed by atoms with Gasteiger partial charge in [0.25, 0.3) is 0 Å². The highest BCUT2D eigenvalue weighted by Gasteiger charge is 2.11. The van der Waals surface area contributed by atoms with Crippen LogP contribution < -0.4 is 0 Å². The zero-order valence-electron chi connectivity index (χ0n) is 9.51. The van der Waals surface area contributed by atoms with Gasteiger partial charge in [-0.05, 0) is 6.42 Å². The smallest absolute Gasteiger partial charge is 0.303 e. The van der Waals surface area contributed by atoms with Gasteiger partial charge in [0.1, 0.15) is 0 Å². The maximum atomic E-state index is 10.1. The fourth-order valence-electron chi connectivity index (χ4n) is 0.712. The number of isocyanates is 2. The lowest BCUT2D eigenvalue weighted by Crippen LogP contribution is -1.91. The van der Waals surface area contributed by atoms with E-state index in [9.17, 15) is 4.57 Å². The molecule has 0 aliphatic carbocycles. The van der Waals surface area contributed by atoms with Gasteiger partial charge in [-0.2, -0.15) is 0 Å². The molecule has 0 rings (SSSR count). The van der Waals surface area contributed by atoms with Gasteiger partial charge in [-0.25, -0.2) is 25.0 Å². The Morgan fingerprint density at radius 1 is 1.12 bits per heavy atom. The summed E-state index contributed by atoms with van der Waals surface area (Å²) in [4.78, 5) is 33.2. The molecule has 0 spiro atoms. The van der Waals surface area contributed by atoms with Crippen molar-refractivity contribution < 1.29 is 28.5 Å². The summed E-state index contributed by atoms with van der Waals surface area (Å²) >= 11 is 0. The van der Waals surface area contributed by atoms with Gasteiger partial charge in [0.15, 0.2) is 0 Å². The first-order valence-electron chi connectivity index (χ1n) is 4.67. The van der Waals surface area contributed by atoms with Crippen LogP contribution in [-0.4, -0.2) is 28.6 Å². The van der Waals surface area contributed by atoms with Crippen LogP contribution in [0, 0.1) is 10.8 Å². The largest absolute Gasteiger partial charge is 0.469 e. The van der Waals surface area contributed by atoms with Gasteiger partial charge >= 0.3 is 7.82 Å². The number of hydrogen-bond acceptors (Lipinski definition) is 6. The summed E-state index contributed by atoms with van der Waals surface area (Å²) in [6.07, 6.45) is 5.38. The van der Waals surface area contributed by atoms with E-state index in [1.807, 2.05) is 0 Å². The molecule has 9 heteroatoms. The van der Waals surface area contributed by atoms with E-state index in [1.54, 1.807) is 0 Å². The van der Waals surface area contributed by atoms with Crippen LogP contribution in [0.2, 0.25) is 0 Å². The van der Waals surface area contributed by atoms with Crippen LogP contribution in [0.1, 0.15) is 32.6 Å². The summed E-state index contributed by atoms with van der Waals surface area (Å²) in [6, 6.07) is 0. The van der Waals surface area contributed by atoms with E-state index in [2.05, 4.69) is 11.4 Å². The molecule has 17 heavy (non-hydrogen) atoms. The minimum absolute atomic E-state index is 0.157. The van der Waals surface area contributed by atoms with Crippen molar-refractivity contribution in [3.8, 4) is 0 Å². The topological polar surface area (TPSA) is 149 Å². The van der Waals surface area contributed by atoms with Crippen LogP contribution in [-0.2, 0) is 18.7 Å². The second-order valence-corrected chi connectivity index (χ2v) is 3.83. The molecule has 4 N–H and O–H groups in total. The Bertz CT molecular complexity index is 253. The number of hydrogen-bond donors (Lipinski definition) is 4. The van der Waals surface area contributed by atoms with E-state index in [4.69, 9.17) is 30.2 Å². The lowest BCUT2D eigenvalue weighted by Gasteiger charge is -2.03. The molecule has 0 bridgehead atoms. The van der Waals surface area contributed by atoms with Crippen LogP contribution in [0.5, 0.6) is 0 Å². The molecule has 0 radical (unpaired) electrons. The SMILES string of the molecule is CCCCCCOP(=O)(O)O.N=C=O.N=C=O. The van der Waals surface area contributed by atoms with Crippen molar-refractivity contribution in [3.63, 3.8) is 0 Å². The van der Waals surface area contributed by atoms with Crippen molar-refractivity contribution in [3.05, 3.63) is 0 Å². The molecular formula is C8H17N2O6P. The lowest BCUT2D eigenvalue weighted by molar-refractivity contribution is 0.193. The second-order valence-electron chi connectivity index (χ2n) is 2.59. The maximum Gasteiger partial charge on any atom is 0.469 e. The van der Waals surface area contributed by atoms with Gasteiger partial charge in [-0.1, -0.05) is 26.2 Å². The molecule has 0 atom stereocenters. The van der Waals surface area contributed by atoms with Gasteiger partial charge in [0, 0.05) is 0 Å². The molecule has 0 aliphatic rings. The molecule has 0 aromatic heterocycles. The zero-order chi connectivity index (χ0) is 14.2. The van der Waals surface area contributed by atoms with E-state index in [0.717, 1.165) is 37.8 Å². The summed E-state index contributed by atoms with van der Waals surface area (Å²) in [5.41, 5.74) is 0. The quantitative estimate of drug-likeness (QED) is 0.248. The average molecular weight is 268 g/mol. The Hall–Kier alpha value is -1.13. The summed E-state index contributed by atoms with van der Waals surface area (Å²) in [5, 5.41) is 10.8.